The average molecular weight is 444 g/mol. The van der Waals surface area contributed by atoms with E-state index in [1.54, 1.807) is 0 Å². The third-order valence-corrected chi connectivity index (χ3v) is 7.71. The smallest absolute Gasteiger partial charge is 0.268 e. The number of nitrogens with zero attached hydrogens (tertiary/aromatic N) is 1. The van der Waals surface area contributed by atoms with E-state index in [2.05, 4.69) is 57.2 Å². The van der Waals surface area contributed by atoms with Gasteiger partial charge in [0.05, 0.1) is 6.10 Å². The first-order valence-corrected chi connectivity index (χ1v) is 12.3. The van der Waals surface area contributed by atoms with Gasteiger partial charge >= 0.3 is 0 Å². The van der Waals surface area contributed by atoms with Crippen LogP contribution in [0.5, 0.6) is 0 Å². The predicted molar refractivity (Wildman–Crippen MR) is 125 cm³/mol. The summed E-state index contributed by atoms with van der Waals surface area (Å²) in [5.74, 6) is 0.656. The van der Waals surface area contributed by atoms with Crippen molar-refractivity contribution >= 4 is 28.6 Å². The maximum atomic E-state index is 13.0. The molecule has 3 nitrogen and oxygen atoms in total. The minimum Gasteiger partial charge on any atom is -0.268 e. The molecule has 0 N–H and O–H groups in total. The largest absolute Gasteiger partial charge is 0.284 e. The Balaban J connectivity index is 1.57. The third-order valence-electron chi connectivity index (χ3n) is 6.67. The normalized spacial score (nSPS) is 23.8. The van der Waals surface area contributed by atoms with Crippen molar-refractivity contribution in [2.75, 3.05) is 0 Å². The lowest BCUT2D eigenvalue weighted by Crippen LogP contribution is -2.43. The van der Waals surface area contributed by atoms with Crippen LogP contribution in [0.3, 0.4) is 0 Å². The van der Waals surface area contributed by atoms with Gasteiger partial charge in [0.15, 0.2) is 0 Å². The van der Waals surface area contributed by atoms with E-state index < -0.39 is 11.3 Å². The second-order valence-electron chi connectivity index (χ2n) is 9.12. The minimum atomic E-state index is -1.70. The molecule has 1 fully saturated rings. The number of rotatable bonds is 7. The first-order chi connectivity index (χ1) is 14.4. The van der Waals surface area contributed by atoms with Crippen LogP contribution in [0.1, 0.15) is 69.1 Å². The summed E-state index contributed by atoms with van der Waals surface area (Å²) < 4.78 is 23.7. The Morgan fingerprint density at radius 2 is 1.90 bits per heavy atom. The molecule has 1 unspecified atom stereocenters. The highest BCUT2D eigenvalue weighted by atomic mass is 35.5. The van der Waals surface area contributed by atoms with Crippen LogP contribution in [0.4, 0.5) is 0 Å². The molecule has 5 heteroatoms. The van der Waals surface area contributed by atoms with Crippen LogP contribution in [0.2, 0.25) is 5.02 Å². The molecule has 4 rings (SSSR count). The molecule has 0 bridgehead atoms. The van der Waals surface area contributed by atoms with Crippen molar-refractivity contribution in [3.8, 4) is 0 Å². The number of halogens is 1. The number of benzene rings is 2. The third kappa shape index (κ3) is 4.28. The van der Waals surface area contributed by atoms with Crippen LogP contribution >= 0.6 is 11.6 Å². The van der Waals surface area contributed by atoms with Gasteiger partial charge in [-0.3, -0.25) is 4.18 Å². The molecule has 0 aliphatic heterocycles. The van der Waals surface area contributed by atoms with E-state index in [-0.39, 0.29) is 17.4 Å². The summed E-state index contributed by atoms with van der Waals surface area (Å²) in [6.07, 6.45) is 4.73. The van der Waals surface area contributed by atoms with Gasteiger partial charge in [0.2, 0.25) is 0 Å². The molecule has 3 atom stereocenters. The Bertz CT molecular complexity index is 950. The zero-order valence-corrected chi connectivity index (χ0v) is 19.5. The number of hydrogen-bond acceptors (Lipinski definition) is 2. The molecule has 1 saturated carbocycles. The highest BCUT2D eigenvalue weighted by Gasteiger charge is 2.44. The van der Waals surface area contributed by atoms with Gasteiger partial charge in [-0.05, 0) is 54.0 Å². The molecule has 0 spiro atoms. The van der Waals surface area contributed by atoms with Crippen molar-refractivity contribution in [3.05, 3.63) is 70.2 Å². The van der Waals surface area contributed by atoms with Gasteiger partial charge in [0.1, 0.15) is 0 Å². The lowest BCUT2D eigenvalue weighted by atomic mass is 9.60. The fraction of sp³-hybridized carbons (Fsp3) is 0.480. The Hall–Kier alpha value is -1.49. The van der Waals surface area contributed by atoms with Crippen LogP contribution < -0.4 is 0 Å². The van der Waals surface area contributed by atoms with E-state index in [1.807, 2.05) is 12.1 Å². The molecule has 0 amide bonds. The molecular weight excluding hydrogens is 414 g/mol. The van der Waals surface area contributed by atoms with Gasteiger partial charge in [-0.25, -0.2) is 4.21 Å². The van der Waals surface area contributed by atoms with Crippen molar-refractivity contribution < 1.29 is 8.39 Å². The fourth-order valence-corrected chi connectivity index (χ4v) is 5.89. The van der Waals surface area contributed by atoms with Gasteiger partial charge in [0.25, 0.3) is 11.3 Å². The summed E-state index contributed by atoms with van der Waals surface area (Å²) in [5, 5.41) is 0.734. The van der Waals surface area contributed by atoms with E-state index in [0.29, 0.717) is 5.92 Å². The molecule has 0 radical (unpaired) electrons. The number of fused-ring (bicyclic) bond motifs is 1. The predicted octanol–water partition coefficient (Wildman–Crippen LogP) is 6.57. The van der Waals surface area contributed by atoms with Crippen LogP contribution in [0.15, 0.2) is 52.9 Å². The van der Waals surface area contributed by atoms with Gasteiger partial charge in [-0.15, -0.1) is 0 Å². The summed E-state index contributed by atoms with van der Waals surface area (Å²) in [4.78, 5) is 0. The first kappa shape index (κ1) is 21.7. The van der Waals surface area contributed by atoms with E-state index in [4.69, 9.17) is 20.2 Å². The Labute approximate surface area is 187 Å². The van der Waals surface area contributed by atoms with E-state index >= 15 is 0 Å². The molecule has 0 saturated heterocycles. The van der Waals surface area contributed by atoms with E-state index in [9.17, 15) is 4.21 Å². The molecule has 2 aromatic carbocycles. The molecule has 2 aliphatic rings. The summed E-state index contributed by atoms with van der Waals surface area (Å²) in [7, 11) is 0. The second-order valence-corrected chi connectivity index (χ2v) is 10.4. The second kappa shape index (κ2) is 8.94. The van der Waals surface area contributed by atoms with Gasteiger partial charge in [0, 0.05) is 28.5 Å². The maximum absolute atomic E-state index is 13.0. The van der Waals surface area contributed by atoms with Crippen LogP contribution in [0, 0.1) is 5.92 Å². The quantitative estimate of drug-likeness (QED) is 0.453. The number of hydrogen-bond donors (Lipinski definition) is 0. The summed E-state index contributed by atoms with van der Waals surface area (Å²) in [6, 6.07) is 16.5. The first-order valence-electron chi connectivity index (χ1n) is 10.9. The molecule has 2 aromatic rings. The van der Waals surface area contributed by atoms with Crippen molar-refractivity contribution in [2.24, 2.45) is 10.3 Å². The van der Waals surface area contributed by atoms with Gasteiger partial charge in [-0.2, -0.15) is 4.40 Å². The molecule has 0 aromatic heterocycles. The lowest BCUT2D eigenvalue weighted by Gasteiger charge is -2.44. The van der Waals surface area contributed by atoms with Gasteiger partial charge < -0.3 is 0 Å². The Morgan fingerprint density at radius 3 is 2.50 bits per heavy atom. The van der Waals surface area contributed by atoms with Crippen LogP contribution in [0.25, 0.3) is 0 Å². The van der Waals surface area contributed by atoms with Crippen molar-refractivity contribution in [2.45, 2.75) is 70.3 Å². The molecule has 160 valence electrons. The average Bonchev–Trinajstić information content (AvgIpc) is 2.97. The summed E-state index contributed by atoms with van der Waals surface area (Å²) in [6.45, 7) is 6.51. The fourth-order valence-electron chi connectivity index (χ4n) is 4.84. The standard InChI is InChI=1S/C25H30ClNO2S/c1-17(2)15-24(25(13-6-14-25)20-9-11-21(26)12-10-20)27-30(28)29-23-16-19-7-4-5-8-22(19)18(23)3/h4-5,7-12,17-18,23H,6,13-16H2,1-3H3/t18-,23?,30-/m1/s1. The zero-order chi connectivity index (χ0) is 21.3. The topological polar surface area (TPSA) is 38.7 Å². The van der Waals surface area contributed by atoms with Crippen LogP contribution in [-0.2, 0) is 27.3 Å². The SMILES string of the molecule is CC(C)CC(=N[S@](=O)OC1Cc2ccccc2[C@H]1C)C1(c2ccc(Cl)cc2)CCC1. The van der Waals surface area contributed by atoms with E-state index in [0.717, 1.165) is 42.8 Å². The lowest BCUT2D eigenvalue weighted by molar-refractivity contribution is 0.212. The summed E-state index contributed by atoms with van der Waals surface area (Å²) in [5.41, 5.74) is 4.67. The molecule has 30 heavy (non-hydrogen) atoms. The molecule has 2 aliphatic carbocycles. The monoisotopic (exact) mass is 443 g/mol. The van der Waals surface area contributed by atoms with Crippen molar-refractivity contribution in [3.63, 3.8) is 0 Å². The highest BCUT2D eigenvalue weighted by Crippen LogP contribution is 2.47. The van der Waals surface area contributed by atoms with E-state index in [1.165, 1.54) is 16.7 Å². The highest BCUT2D eigenvalue weighted by molar-refractivity contribution is 7.79. The summed E-state index contributed by atoms with van der Waals surface area (Å²) >= 11 is 4.42. The Kier molecular flexibility index (Phi) is 6.47. The molecule has 0 heterocycles. The van der Waals surface area contributed by atoms with Crippen LogP contribution in [-0.4, -0.2) is 16.0 Å². The van der Waals surface area contributed by atoms with Crippen molar-refractivity contribution in [1.29, 1.82) is 0 Å². The van der Waals surface area contributed by atoms with Crippen molar-refractivity contribution in [1.82, 2.24) is 0 Å². The van der Waals surface area contributed by atoms with Gasteiger partial charge in [-0.1, -0.05) is 75.2 Å². The minimum absolute atomic E-state index is 0.0971. The maximum Gasteiger partial charge on any atom is 0.284 e. The zero-order valence-electron chi connectivity index (χ0n) is 17.9. The molecular formula is C25H30ClNO2S. The Morgan fingerprint density at radius 1 is 1.20 bits per heavy atom.